The molecule has 5 rings (SSSR count). The SMILES string of the molecule is CCNC(=O)N1CCc2c([nH]c3ccccc23)[C@@]12C(=O)Nc1ccc(Br)cc12. The third-order valence-electron chi connectivity index (χ3n) is 5.69. The van der Waals surface area contributed by atoms with Crippen LogP contribution >= 0.6 is 15.9 Å². The van der Waals surface area contributed by atoms with Gasteiger partial charge in [-0.3, -0.25) is 4.79 Å². The van der Waals surface area contributed by atoms with Gasteiger partial charge in [0.15, 0.2) is 5.54 Å². The van der Waals surface area contributed by atoms with E-state index in [2.05, 4.69) is 37.6 Å². The van der Waals surface area contributed by atoms with E-state index in [1.807, 2.05) is 43.3 Å². The number of nitrogens with one attached hydrogen (secondary N) is 3. The van der Waals surface area contributed by atoms with Crippen LogP contribution in [-0.4, -0.2) is 34.9 Å². The minimum atomic E-state index is -1.22. The molecule has 3 N–H and O–H groups in total. The first-order chi connectivity index (χ1) is 13.6. The molecule has 3 amide bonds. The molecule has 1 spiro atoms. The molecule has 2 aliphatic rings. The standard InChI is InChI=1S/C21H19BrN4O2/c1-2-23-20(28)26-10-9-14-13-5-3-4-6-16(13)24-18(14)21(26)15-11-12(22)7-8-17(15)25-19(21)27/h3-8,11,24H,2,9-10H2,1H3,(H,23,28)(H,25,27)/t21-/m0/s1. The molecular formula is C21H19BrN4O2. The Labute approximate surface area is 170 Å². The molecule has 7 heteroatoms. The van der Waals surface area contributed by atoms with Gasteiger partial charge in [-0.05, 0) is 43.2 Å². The molecule has 0 bridgehead atoms. The minimum absolute atomic E-state index is 0.209. The Morgan fingerprint density at radius 1 is 1.29 bits per heavy atom. The van der Waals surface area contributed by atoms with Crippen LogP contribution in [0.5, 0.6) is 0 Å². The van der Waals surface area contributed by atoms with Crippen molar-refractivity contribution in [1.29, 1.82) is 0 Å². The van der Waals surface area contributed by atoms with Crippen molar-refractivity contribution in [3.05, 3.63) is 63.8 Å². The van der Waals surface area contributed by atoms with Gasteiger partial charge in [0.25, 0.3) is 5.91 Å². The van der Waals surface area contributed by atoms with Crippen LogP contribution in [0.25, 0.3) is 10.9 Å². The predicted molar refractivity (Wildman–Crippen MR) is 111 cm³/mol. The van der Waals surface area contributed by atoms with Crippen molar-refractivity contribution >= 4 is 44.5 Å². The van der Waals surface area contributed by atoms with Gasteiger partial charge in [0, 0.05) is 39.7 Å². The average Bonchev–Trinajstić information content (AvgIpc) is 3.19. The topological polar surface area (TPSA) is 77.2 Å². The van der Waals surface area contributed by atoms with E-state index >= 15 is 0 Å². The molecule has 6 nitrogen and oxygen atoms in total. The monoisotopic (exact) mass is 438 g/mol. The lowest BCUT2D eigenvalue weighted by atomic mass is 9.80. The van der Waals surface area contributed by atoms with E-state index in [0.717, 1.165) is 37.9 Å². The summed E-state index contributed by atoms with van der Waals surface area (Å²) in [5.74, 6) is -0.209. The van der Waals surface area contributed by atoms with Crippen molar-refractivity contribution in [2.24, 2.45) is 0 Å². The Bertz CT molecular complexity index is 1140. The molecular weight excluding hydrogens is 420 g/mol. The predicted octanol–water partition coefficient (Wildman–Crippen LogP) is 3.71. The number of anilines is 1. The molecule has 0 aliphatic carbocycles. The number of halogens is 1. The third kappa shape index (κ3) is 2.13. The van der Waals surface area contributed by atoms with Crippen LogP contribution in [0.3, 0.4) is 0 Å². The van der Waals surface area contributed by atoms with Crippen molar-refractivity contribution in [1.82, 2.24) is 15.2 Å². The van der Waals surface area contributed by atoms with E-state index < -0.39 is 5.54 Å². The van der Waals surface area contributed by atoms with Gasteiger partial charge >= 0.3 is 6.03 Å². The largest absolute Gasteiger partial charge is 0.355 e. The van der Waals surface area contributed by atoms with Gasteiger partial charge in [0.2, 0.25) is 0 Å². The molecule has 142 valence electrons. The maximum Gasteiger partial charge on any atom is 0.318 e. The second kappa shape index (κ2) is 6.10. The summed E-state index contributed by atoms with van der Waals surface area (Å²) in [4.78, 5) is 31.7. The van der Waals surface area contributed by atoms with E-state index in [0.29, 0.717) is 19.5 Å². The molecule has 3 aromatic rings. The summed E-state index contributed by atoms with van der Waals surface area (Å²) in [5.41, 5.74) is 3.14. The summed E-state index contributed by atoms with van der Waals surface area (Å²) in [7, 11) is 0. The Balaban J connectivity index is 1.85. The number of carbonyl (C=O) groups is 2. The summed E-state index contributed by atoms with van der Waals surface area (Å²) in [6.45, 7) is 2.83. The maximum atomic E-state index is 13.5. The number of carbonyl (C=O) groups excluding carboxylic acids is 2. The number of nitrogens with zero attached hydrogens (tertiary/aromatic N) is 1. The number of H-pyrrole nitrogens is 1. The van der Waals surface area contributed by atoms with E-state index in [4.69, 9.17) is 0 Å². The van der Waals surface area contributed by atoms with E-state index in [1.165, 1.54) is 0 Å². The van der Waals surface area contributed by atoms with Gasteiger partial charge in [-0.15, -0.1) is 0 Å². The molecule has 2 aromatic carbocycles. The zero-order valence-corrected chi connectivity index (χ0v) is 16.9. The molecule has 0 unspecified atom stereocenters. The number of benzene rings is 2. The van der Waals surface area contributed by atoms with Gasteiger partial charge in [-0.25, -0.2) is 4.79 Å². The Kier molecular flexibility index (Phi) is 3.77. The van der Waals surface area contributed by atoms with Crippen molar-refractivity contribution in [2.45, 2.75) is 18.9 Å². The highest BCUT2D eigenvalue weighted by molar-refractivity contribution is 9.10. The molecule has 0 saturated heterocycles. The molecule has 1 atom stereocenters. The summed E-state index contributed by atoms with van der Waals surface area (Å²) in [6, 6.07) is 13.5. The first kappa shape index (κ1) is 17.3. The lowest BCUT2D eigenvalue weighted by molar-refractivity contribution is -0.124. The van der Waals surface area contributed by atoms with Gasteiger partial charge in [0.05, 0.1) is 5.69 Å². The molecule has 0 radical (unpaired) electrons. The number of fused-ring (bicyclic) bond motifs is 6. The number of rotatable bonds is 1. The zero-order valence-electron chi connectivity index (χ0n) is 15.3. The summed E-state index contributed by atoms with van der Waals surface area (Å²) >= 11 is 3.53. The summed E-state index contributed by atoms with van der Waals surface area (Å²) in [5, 5.41) is 6.97. The Hall–Kier alpha value is -2.80. The van der Waals surface area contributed by atoms with Crippen molar-refractivity contribution < 1.29 is 9.59 Å². The first-order valence-corrected chi connectivity index (χ1v) is 10.1. The molecule has 0 saturated carbocycles. The fourth-order valence-electron chi connectivity index (χ4n) is 4.57. The lowest BCUT2D eigenvalue weighted by Gasteiger charge is -2.42. The fraction of sp³-hybridized carbons (Fsp3) is 0.238. The third-order valence-corrected chi connectivity index (χ3v) is 6.18. The highest BCUT2D eigenvalue weighted by Crippen LogP contribution is 2.50. The molecule has 0 fully saturated rings. The van der Waals surface area contributed by atoms with Crippen LogP contribution in [0.1, 0.15) is 23.7 Å². The smallest absolute Gasteiger partial charge is 0.318 e. The number of para-hydroxylation sites is 1. The van der Waals surface area contributed by atoms with Crippen LogP contribution in [0.15, 0.2) is 46.9 Å². The van der Waals surface area contributed by atoms with Crippen molar-refractivity contribution in [2.75, 3.05) is 18.4 Å². The van der Waals surface area contributed by atoms with Crippen LogP contribution in [0, 0.1) is 0 Å². The first-order valence-electron chi connectivity index (χ1n) is 9.34. The Morgan fingerprint density at radius 2 is 2.11 bits per heavy atom. The highest BCUT2D eigenvalue weighted by Gasteiger charge is 2.58. The number of hydrogen-bond donors (Lipinski definition) is 3. The number of aromatic amines is 1. The van der Waals surface area contributed by atoms with E-state index in [-0.39, 0.29) is 11.9 Å². The maximum absolute atomic E-state index is 13.5. The Morgan fingerprint density at radius 3 is 2.93 bits per heavy atom. The van der Waals surface area contributed by atoms with Gasteiger partial charge in [-0.1, -0.05) is 34.1 Å². The highest BCUT2D eigenvalue weighted by atomic mass is 79.9. The van der Waals surface area contributed by atoms with E-state index in [9.17, 15) is 9.59 Å². The van der Waals surface area contributed by atoms with Crippen molar-refractivity contribution in [3.8, 4) is 0 Å². The molecule has 1 aromatic heterocycles. The van der Waals surface area contributed by atoms with Crippen LogP contribution in [0.4, 0.5) is 10.5 Å². The minimum Gasteiger partial charge on any atom is -0.355 e. The van der Waals surface area contributed by atoms with Gasteiger partial charge in [0.1, 0.15) is 0 Å². The van der Waals surface area contributed by atoms with E-state index in [1.54, 1.807) is 4.90 Å². The van der Waals surface area contributed by atoms with Crippen LogP contribution < -0.4 is 10.6 Å². The zero-order chi connectivity index (χ0) is 19.5. The second-order valence-corrected chi connectivity index (χ2v) is 8.03. The van der Waals surface area contributed by atoms with Crippen LogP contribution in [0.2, 0.25) is 0 Å². The number of amides is 3. The molecule has 28 heavy (non-hydrogen) atoms. The van der Waals surface area contributed by atoms with Gasteiger partial charge < -0.3 is 20.5 Å². The quantitative estimate of drug-likeness (QED) is 0.541. The fourth-order valence-corrected chi connectivity index (χ4v) is 4.93. The average molecular weight is 439 g/mol. The summed E-state index contributed by atoms with van der Waals surface area (Å²) < 4.78 is 0.862. The van der Waals surface area contributed by atoms with Crippen molar-refractivity contribution in [3.63, 3.8) is 0 Å². The molecule has 3 heterocycles. The summed E-state index contributed by atoms with van der Waals surface area (Å²) in [6.07, 6.45) is 0.689. The number of aromatic nitrogens is 1. The normalized spacial score (nSPS) is 20.2. The lowest BCUT2D eigenvalue weighted by Crippen LogP contribution is -2.60. The number of urea groups is 1. The second-order valence-electron chi connectivity index (χ2n) is 7.12. The molecule has 2 aliphatic heterocycles. The number of hydrogen-bond acceptors (Lipinski definition) is 2. The van der Waals surface area contributed by atoms with Crippen LogP contribution in [-0.2, 0) is 16.8 Å². The van der Waals surface area contributed by atoms with Gasteiger partial charge in [-0.2, -0.15) is 0 Å².